The van der Waals surface area contributed by atoms with E-state index in [9.17, 15) is 8.78 Å². The summed E-state index contributed by atoms with van der Waals surface area (Å²) in [6.07, 6.45) is 0. The summed E-state index contributed by atoms with van der Waals surface area (Å²) in [5, 5.41) is 1.98. The molecule has 0 atom stereocenters. The molecule has 0 saturated carbocycles. The summed E-state index contributed by atoms with van der Waals surface area (Å²) in [6.45, 7) is 0. The van der Waals surface area contributed by atoms with Crippen LogP contribution in [0.25, 0.3) is 0 Å². The van der Waals surface area contributed by atoms with Gasteiger partial charge in [0.2, 0.25) is 0 Å². The predicted molar refractivity (Wildman–Crippen MR) is 64.7 cm³/mol. The van der Waals surface area contributed by atoms with Gasteiger partial charge in [-0.05, 0) is 24.3 Å². The molecule has 0 nitrogen and oxygen atoms in total. The molecule has 0 N–H and O–H groups in total. The van der Waals surface area contributed by atoms with Crippen molar-refractivity contribution in [3.63, 3.8) is 0 Å². The van der Waals surface area contributed by atoms with E-state index in [0.29, 0.717) is 0 Å². The minimum absolute atomic E-state index is 0. The van der Waals surface area contributed by atoms with E-state index in [1.807, 2.05) is 0 Å². The molecule has 0 bridgehead atoms. The molecular weight excluding hydrogens is 360 g/mol. The zero-order valence-electron chi connectivity index (χ0n) is 10.3. The van der Waals surface area contributed by atoms with Crippen molar-refractivity contribution in [2.45, 2.75) is 0 Å². The van der Waals surface area contributed by atoms with Crippen molar-refractivity contribution in [3.8, 4) is 0 Å². The summed E-state index contributed by atoms with van der Waals surface area (Å²) in [5.41, 5.74) is 0. The number of hydrogen-bond donors (Lipinski definition) is 0. The van der Waals surface area contributed by atoms with Gasteiger partial charge in [-0.2, -0.15) is 10.6 Å². The van der Waals surface area contributed by atoms with Crippen LogP contribution in [-0.4, -0.2) is 23.1 Å². The summed E-state index contributed by atoms with van der Waals surface area (Å²) in [4.78, 5) is 0. The quantitative estimate of drug-likeness (QED) is 0.366. The molecule has 0 aliphatic heterocycles. The summed E-state index contributed by atoms with van der Waals surface area (Å²) < 4.78 is 25.3. The van der Waals surface area contributed by atoms with E-state index in [0.717, 1.165) is 19.2 Å². The monoisotopic (exact) mass is 366 g/mol. The Labute approximate surface area is 158 Å². The van der Waals surface area contributed by atoms with Gasteiger partial charge in [-0.3, -0.25) is 0 Å². The Morgan fingerprint density at radius 1 is 0.684 bits per heavy atom. The minimum Gasteiger partial charge on any atom is -1.00 e. The molecule has 0 aliphatic carbocycles. The van der Waals surface area contributed by atoms with Crippen LogP contribution in [0.1, 0.15) is 0 Å². The fourth-order valence-corrected chi connectivity index (χ4v) is 2.07. The average Bonchev–Trinajstić information content (AvgIpc) is 2.25. The standard InChI is InChI=1S/C12H8F2P.BrH.ClH.Li.Mg/c13-9-1-5-11(6-2-9)15-12-7-3-10(14)4-8-12;;;;/h1-8H;2*1H;;/q-1;;;+1;+2/p-2. The molecule has 2 aromatic rings. The Kier molecular flexibility index (Phi) is 16.5. The zero-order valence-corrected chi connectivity index (χ0v) is 14.9. The van der Waals surface area contributed by atoms with Crippen molar-refractivity contribution >= 4 is 42.2 Å². The van der Waals surface area contributed by atoms with Crippen molar-refractivity contribution in [2.24, 2.45) is 0 Å². The van der Waals surface area contributed by atoms with Gasteiger partial charge >= 0.3 is 41.9 Å². The van der Waals surface area contributed by atoms with Gasteiger partial charge in [-0.1, -0.05) is 24.3 Å². The van der Waals surface area contributed by atoms with Gasteiger partial charge in [0.05, 0.1) is 0 Å². The second-order valence-electron chi connectivity index (χ2n) is 3.06. The number of benzene rings is 2. The van der Waals surface area contributed by atoms with E-state index in [4.69, 9.17) is 0 Å². The Balaban J connectivity index is -0.000000640. The first kappa shape index (κ1) is 24.9. The average molecular weight is 368 g/mol. The molecule has 0 amide bonds. The summed E-state index contributed by atoms with van der Waals surface area (Å²) in [7, 11) is 0.954. The van der Waals surface area contributed by atoms with Crippen LogP contribution in [0.3, 0.4) is 0 Å². The predicted octanol–water partition coefficient (Wildman–Crippen LogP) is -6.51. The fourth-order valence-electron chi connectivity index (χ4n) is 1.18. The van der Waals surface area contributed by atoms with Crippen LogP contribution in [0.4, 0.5) is 8.78 Å². The first-order valence-corrected chi connectivity index (χ1v) is 5.36. The molecule has 7 heteroatoms. The molecule has 19 heavy (non-hydrogen) atoms. The van der Waals surface area contributed by atoms with Crippen molar-refractivity contribution < 1.29 is 57.0 Å². The Bertz CT molecular complexity index is 413. The third-order valence-electron chi connectivity index (χ3n) is 1.91. The van der Waals surface area contributed by atoms with E-state index in [1.54, 1.807) is 24.3 Å². The largest absolute Gasteiger partial charge is 2.00 e. The van der Waals surface area contributed by atoms with Crippen molar-refractivity contribution in [1.29, 1.82) is 0 Å². The summed E-state index contributed by atoms with van der Waals surface area (Å²) >= 11 is 0. The number of hydrogen-bond acceptors (Lipinski definition) is 0. The van der Waals surface area contributed by atoms with Gasteiger partial charge in [0, 0.05) is 0 Å². The second kappa shape index (κ2) is 12.6. The normalized spacial score (nSPS) is 8.11. The van der Waals surface area contributed by atoms with Crippen LogP contribution < -0.4 is 58.9 Å². The van der Waals surface area contributed by atoms with E-state index < -0.39 is 0 Å². The fraction of sp³-hybridized carbons (Fsp3) is 0. The van der Waals surface area contributed by atoms with Crippen molar-refractivity contribution in [2.75, 3.05) is 0 Å². The number of rotatable bonds is 2. The van der Waals surface area contributed by atoms with Gasteiger partial charge in [0.1, 0.15) is 11.6 Å². The van der Waals surface area contributed by atoms with Crippen LogP contribution in [0.2, 0.25) is 0 Å². The molecule has 0 radical (unpaired) electrons. The second-order valence-corrected chi connectivity index (χ2v) is 4.32. The third-order valence-corrected chi connectivity index (χ3v) is 3.02. The van der Waals surface area contributed by atoms with Crippen LogP contribution in [-0.2, 0) is 0 Å². The van der Waals surface area contributed by atoms with E-state index in [1.165, 1.54) is 24.3 Å². The van der Waals surface area contributed by atoms with E-state index in [-0.39, 0.29) is 82.9 Å². The third kappa shape index (κ3) is 8.68. The molecule has 0 heterocycles. The van der Waals surface area contributed by atoms with Gasteiger partial charge in [0.15, 0.2) is 0 Å². The van der Waals surface area contributed by atoms with E-state index in [2.05, 4.69) is 0 Å². The molecule has 0 aromatic heterocycles. The SMILES string of the molecule is Fc1ccc([P-]c2ccc(F)cc2)cc1.[Br-].[Cl-].[Li+].[Mg+2]. The molecule has 0 fully saturated rings. The van der Waals surface area contributed by atoms with E-state index >= 15 is 0 Å². The van der Waals surface area contributed by atoms with Crippen LogP contribution in [0.5, 0.6) is 0 Å². The Morgan fingerprint density at radius 3 is 1.21 bits per heavy atom. The topological polar surface area (TPSA) is 0 Å². The van der Waals surface area contributed by atoms with Gasteiger partial charge in [-0.25, -0.2) is 8.78 Å². The van der Waals surface area contributed by atoms with Gasteiger partial charge in [-0.15, -0.1) is 0 Å². The van der Waals surface area contributed by atoms with Gasteiger partial charge in [0.25, 0.3) is 0 Å². The summed E-state index contributed by atoms with van der Waals surface area (Å²) in [6, 6.07) is 12.6. The van der Waals surface area contributed by atoms with Crippen LogP contribution >= 0.6 is 8.58 Å². The molecule has 2 aromatic carbocycles. The number of halogens is 4. The minimum atomic E-state index is -0.243. The zero-order chi connectivity index (χ0) is 10.7. The van der Waals surface area contributed by atoms with Crippen LogP contribution in [0, 0.1) is 11.6 Å². The summed E-state index contributed by atoms with van der Waals surface area (Å²) in [5.74, 6) is -0.485. The first-order chi connectivity index (χ1) is 7.24. The Morgan fingerprint density at radius 2 is 0.947 bits per heavy atom. The maximum atomic E-state index is 12.6. The molecule has 2 rings (SSSR count). The first-order valence-electron chi connectivity index (χ1n) is 4.47. The van der Waals surface area contributed by atoms with Crippen molar-refractivity contribution in [1.82, 2.24) is 0 Å². The van der Waals surface area contributed by atoms with Gasteiger partial charge < -0.3 is 38.0 Å². The maximum Gasteiger partial charge on any atom is 2.00 e. The molecular formula is C12H8BrClF2LiMgP. The molecule has 0 saturated heterocycles. The molecule has 0 unspecified atom stereocenters. The Hall–Kier alpha value is 0.864. The van der Waals surface area contributed by atoms with Crippen LogP contribution in [0.15, 0.2) is 48.5 Å². The smallest absolute Gasteiger partial charge is 1.00 e. The maximum absolute atomic E-state index is 12.6. The molecule has 0 spiro atoms. The molecule has 0 aliphatic rings. The van der Waals surface area contributed by atoms with Crippen molar-refractivity contribution in [3.05, 3.63) is 60.2 Å². The molecule has 92 valence electrons.